The van der Waals surface area contributed by atoms with Crippen molar-refractivity contribution in [3.05, 3.63) is 28.3 Å². The number of nitro benzene ring substituents is 1. The van der Waals surface area contributed by atoms with E-state index in [1.165, 1.54) is 38.0 Å². The highest BCUT2D eigenvalue weighted by Gasteiger charge is 2.23. The third-order valence-electron chi connectivity index (χ3n) is 2.45. The van der Waals surface area contributed by atoms with Crippen molar-refractivity contribution < 1.29 is 13.3 Å². The van der Waals surface area contributed by atoms with E-state index in [0.717, 1.165) is 10.4 Å². The minimum absolute atomic E-state index is 0.00771. The lowest BCUT2D eigenvalue weighted by atomic mass is 10.3. The van der Waals surface area contributed by atoms with Crippen LogP contribution in [0.4, 0.5) is 5.69 Å². The molecule has 1 unspecified atom stereocenters. The van der Waals surface area contributed by atoms with Gasteiger partial charge in [0.25, 0.3) is 5.69 Å². The van der Waals surface area contributed by atoms with E-state index in [9.17, 15) is 18.5 Å². The van der Waals surface area contributed by atoms with Gasteiger partial charge in [0.2, 0.25) is 10.0 Å². The van der Waals surface area contributed by atoms with Gasteiger partial charge < -0.3 is 0 Å². The molecule has 0 amide bonds. The van der Waals surface area contributed by atoms with Crippen molar-refractivity contribution in [1.82, 2.24) is 4.31 Å². The summed E-state index contributed by atoms with van der Waals surface area (Å²) in [6.45, 7) is 1.84. The summed E-state index contributed by atoms with van der Waals surface area (Å²) in [6.07, 6.45) is 0. The molecule has 0 fully saturated rings. The molecule has 0 aliphatic rings. The van der Waals surface area contributed by atoms with E-state index < -0.39 is 14.9 Å². The van der Waals surface area contributed by atoms with Gasteiger partial charge >= 0.3 is 0 Å². The number of rotatable bonds is 6. The molecule has 0 radical (unpaired) electrons. The first-order chi connectivity index (χ1) is 9.20. The average Bonchev–Trinajstić information content (AvgIpc) is 2.38. The molecule has 0 spiro atoms. The first-order valence-electron chi connectivity index (χ1n) is 5.63. The van der Waals surface area contributed by atoms with Crippen LogP contribution in [-0.2, 0) is 10.0 Å². The van der Waals surface area contributed by atoms with Crippen molar-refractivity contribution in [1.29, 1.82) is 0 Å². The van der Waals surface area contributed by atoms with E-state index in [-0.39, 0.29) is 15.8 Å². The van der Waals surface area contributed by atoms with Gasteiger partial charge in [-0.15, -0.1) is 23.4 Å². The Hall–Kier alpha value is -0.830. The highest BCUT2D eigenvalue weighted by molar-refractivity contribution is 8.00. The lowest BCUT2D eigenvalue weighted by Crippen LogP contribution is -2.22. The van der Waals surface area contributed by atoms with Gasteiger partial charge in [0, 0.05) is 31.3 Å². The molecular formula is C11H15ClN2O4S2. The molecule has 0 aliphatic carbocycles. The molecule has 0 heterocycles. The zero-order chi connectivity index (χ0) is 15.5. The summed E-state index contributed by atoms with van der Waals surface area (Å²) in [4.78, 5) is 10.8. The fourth-order valence-corrected chi connectivity index (χ4v) is 3.37. The Kier molecular flexibility index (Phi) is 5.81. The molecule has 0 saturated carbocycles. The topological polar surface area (TPSA) is 80.5 Å². The fourth-order valence-electron chi connectivity index (χ4n) is 1.36. The van der Waals surface area contributed by atoms with Crippen LogP contribution in [0.3, 0.4) is 0 Å². The first kappa shape index (κ1) is 17.2. The minimum atomic E-state index is -3.69. The Balaban J connectivity index is 3.31. The Morgan fingerprint density at radius 1 is 1.45 bits per heavy atom. The fraction of sp³-hybridized carbons (Fsp3) is 0.455. The van der Waals surface area contributed by atoms with Crippen molar-refractivity contribution in [3.63, 3.8) is 0 Å². The maximum absolute atomic E-state index is 12.0. The maximum atomic E-state index is 12.0. The van der Waals surface area contributed by atoms with Crippen LogP contribution in [-0.4, -0.2) is 42.9 Å². The van der Waals surface area contributed by atoms with E-state index in [0.29, 0.717) is 10.8 Å². The molecule has 112 valence electrons. The molecular weight excluding hydrogens is 324 g/mol. The number of nitro groups is 1. The molecule has 9 heteroatoms. The molecule has 20 heavy (non-hydrogen) atoms. The van der Waals surface area contributed by atoms with Crippen LogP contribution in [0.1, 0.15) is 6.92 Å². The van der Waals surface area contributed by atoms with Gasteiger partial charge in [-0.3, -0.25) is 10.1 Å². The van der Waals surface area contributed by atoms with Crippen LogP contribution >= 0.6 is 23.4 Å². The van der Waals surface area contributed by atoms with Crippen molar-refractivity contribution >= 4 is 39.1 Å². The number of halogens is 1. The minimum Gasteiger partial charge on any atom is -0.258 e. The van der Waals surface area contributed by atoms with E-state index in [1.54, 1.807) is 0 Å². The summed E-state index contributed by atoms with van der Waals surface area (Å²) in [5, 5.41) is 11.1. The van der Waals surface area contributed by atoms with Gasteiger partial charge in [-0.2, -0.15) is 0 Å². The predicted molar refractivity (Wildman–Crippen MR) is 80.0 cm³/mol. The Bertz CT molecular complexity index is 604. The number of benzene rings is 1. The van der Waals surface area contributed by atoms with Crippen LogP contribution in [0.15, 0.2) is 28.0 Å². The quantitative estimate of drug-likeness (QED) is 0.344. The van der Waals surface area contributed by atoms with Crippen LogP contribution < -0.4 is 0 Å². The van der Waals surface area contributed by atoms with E-state index >= 15 is 0 Å². The van der Waals surface area contributed by atoms with Crippen molar-refractivity contribution in [2.24, 2.45) is 0 Å². The van der Waals surface area contributed by atoms with Crippen molar-refractivity contribution in [3.8, 4) is 0 Å². The smallest absolute Gasteiger partial charge is 0.258 e. The molecule has 1 rings (SSSR count). The molecule has 0 aromatic heterocycles. The molecule has 1 aromatic rings. The van der Waals surface area contributed by atoms with Crippen LogP contribution in [0.2, 0.25) is 0 Å². The second-order valence-corrected chi connectivity index (χ2v) is 8.20. The highest BCUT2D eigenvalue weighted by Crippen LogP contribution is 2.34. The molecule has 1 aromatic carbocycles. The Morgan fingerprint density at radius 2 is 2.05 bits per heavy atom. The van der Waals surface area contributed by atoms with Crippen LogP contribution in [0.25, 0.3) is 0 Å². The largest absolute Gasteiger partial charge is 0.284 e. The summed E-state index contributed by atoms with van der Waals surface area (Å²) in [5.74, 6) is 0.347. The van der Waals surface area contributed by atoms with E-state index in [2.05, 4.69) is 0 Å². The van der Waals surface area contributed by atoms with Crippen LogP contribution in [0.5, 0.6) is 0 Å². The highest BCUT2D eigenvalue weighted by atomic mass is 35.5. The third-order valence-corrected chi connectivity index (χ3v) is 6.08. The summed E-state index contributed by atoms with van der Waals surface area (Å²) in [6, 6.07) is 3.90. The second kappa shape index (κ2) is 6.75. The van der Waals surface area contributed by atoms with Gasteiger partial charge in [-0.05, 0) is 12.1 Å². The molecule has 1 atom stereocenters. The SMILES string of the molecule is CC(CCl)Sc1ccc(S(=O)(=O)N(C)C)cc1[N+](=O)[O-]. The third kappa shape index (κ3) is 3.85. The first-order valence-corrected chi connectivity index (χ1v) is 8.49. The standard InChI is InChI=1S/C11H15ClN2O4S2/c1-8(7-12)19-11-5-4-9(6-10(11)14(15)16)20(17,18)13(2)3/h4-6,8H,7H2,1-3H3. The molecule has 0 N–H and O–H groups in total. The predicted octanol–water partition coefficient (Wildman–Crippen LogP) is 2.56. The summed E-state index contributed by atoms with van der Waals surface area (Å²) < 4.78 is 25.0. The lowest BCUT2D eigenvalue weighted by molar-refractivity contribution is -0.388. The van der Waals surface area contributed by atoms with E-state index in [1.807, 2.05) is 6.92 Å². The Morgan fingerprint density at radius 3 is 2.50 bits per heavy atom. The van der Waals surface area contributed by atoms with Crippen molar-refractivity contribution in [2.45, 2.75) is 22.0 Å². The number of sulfonamides is 1. The molecule has 6 nitrogen and oxygen atoms in total. The normalized spacial score (nSPS) is 13.4. The zero-order valence-corrected chi connectivity index (χ0v) is 13.6. The number of nitrogens with zero attached hydrogens (tertiary/aromatic N) is 2. The molecule has 0 saturated heterocycles. The summed E-state index contributed by atoms with van der Waals surface area (Å²) in [5.41, 5.74) is -0.227. The van der Waals surface area contributed by atoms with Gasteiger partial charge in [0.05, 0.1) is 14.7 Å². The average molecular weight is 339 g/mol. The number of hydrogen-bond donors (Lipinski definition) is 0. The maximum Gasteiger partial charge on any atom is 0.284 e. The summed E-state index contributed by atoms with van der Waals surface area (Å²) in [7, 11) is -0.941. The Labute approximate surface area is 127 Å². The van der Waals surface area contributed by atoms with Gasteiger partial charge in [0.1, 0.15) is 0 Å². The molecule has 0 bridgehead atoms. The van der Waals surface area contributed by atoms with Crippen molar-refractivity contribution in [2.75, 3.05) is 20.0 Å². The summed E-state index contributed by atoms with van der Waals surface area (Å²) >= 11 is 6.93. The van der Waals surface area contributed by atoms with Gasteiger partial charge in [-0.1, -0.05) is 6.92 Å². The lowest BCUT2D eigenvalue weighted by Gasteiger charge is -2.13. The number of hydrogen-bond acceptors (Lipinski definition) is 5. The van der Waals surface area contributed by atoms with Crippen LogP contribution in [0, 0.1) is 10.1 Å². The van der Waals surface area contributed by atoms with Gasteiger partial charge in [-0.25, -0.2) is 12.7 Å². The van der Waals surface area contributed by atoms with Gasteiger partial charge in [0.15, 0.2) is 0 Å². The molecule has 0 aliphatic heterocycles. The zero-order valence-electron chi connectivity index (χ0n) is 11.2. The number of alkyl halides is 1. The monoisotopic (exact) mass is 338 g/mol. The van der Waals surface area contributed by atoms with E-state index in [4.69, 9.17) is 11.6 Å². The number of thioether (sulfide) groups is 1. The second-order valence-electron chi connectivity index (χ2n) is 4.26.